The van der Waals surface area contributed by atoms with Gasteiger partial charge in [-0.1, -0.05) is 86.5 Å². The molecule has 164 valence electrons. The van der Waals surface area contributed by atoms with Gasteiger partial charge < -0.3 is 10.1 Å². The lowest BCUT2D eigenvalue weighted by Crippen LogP contribution is -1.91. The quantitative estimate of drug-likeness (QED) is 0.329. The highest BCUT2D eigenvalue weighted by Crippen LogP contribution is 2.35. The largest absolute Gasteiger partial charge is 0.494 e. The van der Waals surface area contributed by atoms with Crippen molar-refractivity contribution in [1.29, 1.82) is 5.41 Å². The topological polar surface area (TPSA) is 45.4 Å². The van der Waals surface area contributed by atoms with Crippen molar-refractivity contribution < 1.29 is 4.74 Å². The zero-order valence-electron chi connectivity index (χ0n) is 19.6. The van der Waals surface area contributed by atoms with Gasteiger partial charge in [-0.25, -0.2) is 0 Å². The molecular weight excluding hydrogens is 380 g/mol. The summed E-state index contributed by atoms with van der Waals surface area (Å²) in [5.41, 5.74) is 6.49. The summed E-state index contributed by atoms with van der Waals surface area (Å²) in [5, 5.41) is 6.66. The molecule has 0 heterocycles. The van der Waals surface area contributed by atoms with Gasteiger partial charge in [0.1, 0.15) is 11.4 Å². The van der Waals surface area contributed by atoms with Gasteiger partial charge in [-0.15, -0.1) is 0 Å². The standard InChI is InChI=1S/C21H23NO.C7H13N/c1-15-8-6-9-18(13-15)14-16(2)12-17(3)19-10-7-11-20(23-5)21(19)22-4;1-3-7(2)5-4-6-8/h6-13H,2,4,14H2,1,3,5H3;4-8H,3H2,1-2H3/b17-12+;5-4-,8-6?. The zero-order valence-corrected chi connectivity index (χ0v) is 19.6. The first-order valence-electron chi connectivity index (χ1n) is 10.6. The van der Waals surface area contributed by atoms with Crippen molar-refractivity contribution in [2.45, 2.75) is 40.5 Å². The van der Waals surface area contributed by atoms with Crippen LogP contribution in [0.3, 0.4) is 0 Å². The van der Waals surface area contributed by atoms with Crippen LogP contribution in [0, 0.1) is 18.3 Å². The van der Waals surface area contributed by atoms with Gasteiger partial charge in [0.05, 0.1) is 7.11 Å². The maximum Gasteiger partial charge on any atom is 0.145 e. The maximum absolute atomic E-state index is 6.66. The molecule has 0 aromatic heterocycles. The van der Waals surface area contributed by atoms with E-state index >= 15 is 0 Å². The molecule has 0 aliphatic rings. The Balaban J connectivity index is 0.000000512. The van der Waals surface area contributed by atoms with Crippen LogP contribution in [0.1, 0.15) is 43.9 Å². The third kappa shape index (κ3) is 9.00. The second-order valence-electron chi connectivity index (χ2n) is 7.60. The molecule has 2 rings (SSSR count). The minimum absolute atomic E-state index is 0.622. The third-order valence-corrected chi connectivity index (χ3v) is 4.92. The average Bonchev–Trinajstić information content (AvgIpc) is 2.76. The summed E-state index contributed by atoms with van der Waals surface area (Å²) in [5.74, 6) is 1.35. The van der Waals surface area contributed by atoms with Crippen molar-refractivity contribution in [3.63, 3.8) is 0 Å². The van der Waals surface area contributed by atoms with Crippen molar-refractivity contribution in [3.05, 3.63) is 89.5 Å². The lowest BCUT2D eigenvalue weighted by molar-refractivity contribution is 0.416. The second-order valence-corrected chi connectivity index (χ2v) is 7.60. The lowest BCUT2D eigenvalue weighted by atomic mass is 9.99. The molecule has 0 saturated heterocycles. The Hall–Kier alpha value is -3.20. The van der Waals surface area contributed by atoms with E-state index in [1.165, 1.54) is 17.3 Å². The molecule has 0 fully saturated rings. The summed E-state index contributed by atoms with van der Waals surface area (Å²) in [6.07, 6.45) is 9.21. The molecule has 0 aliphatic heterocycles. The predicted octanol–water partition coefficient (Wildman–Crippen LogP) is 7.78. The monoisotopic (exact) mass is 416 g/mol. The lowest BCUT2D eigenvalue weighted by Gasteiger charge is -2.11. The zero-order chi connectivity index (χ0) is 23.2. The molecular formula is C28H36N2O. The third-order valence-electron chi connectivity index (χ3n) is 4.92. The van der Waals surface area contributed by atoms with Gasteiger partial charge in [0.25, 0.3) is 0 Å². The van der Waals surface area contributed by atoms with Gasteiger partial charge in [0, 0.05) is 11.8 Å². The average molecular weight is 417 g/mol. The number of nitrogens with zero attached hydrogens (tertiary/aromatic N) is 1. The molecule has 2 aromatic carbocycles. The maximum atomic E-state index is 6.66. The van der Waals surface area contributed by atoms with Gasteiger partial charge in [-0.3, -0.25) is 4.99 Å². The highest BCUT2D eigenvalue weighted by Gasteiger charge is 2.09. The fourth-order valence-electron chi connectivity index (χ4n) is 3.07. The molecule has 1 N–H and O–H groups in total. The SMILES string of the molecule is C=Nc1c(OC)cccc1/C(C)=C/C(=C)Cc1cccc(C)c1.CCC(C)/C=C\C=N. The van der Waals surface area contributed by atoms with Crippen molar-refractivity contribution in [2.75, 3.05) is 7.11 Å². The molecule has 0 amide bonds. The van der Waals surface area contributed by atoms with Crippen LogP contribution in [-0.4, -0.2) is 20.0 Å². The molecule has 0 spiro atoms. The molecule has 31 heavy (non-hydrogen) atoms. The summed E-state index contributed by atoms with van der Waals surface area (Å²) < 4.78 is 5.36. The number of benzene rings is 2. The minimum Gasteiger partial charge on any atom is -0.494 e. The van der Waals surface area contributed by atoms with E-state index in [9.17, 15) is 0 Å². The minimum atomic E-state index is 0.622. The molecule has 2 aromatic rings. The number of ether oxygens (including phenoxy) is 1. The molecule has 1 unspecified atom stereocenters. The first kappa shape index (κ1) is 25.8. The highest BCUT2D eigenvalue weighted by atomic mass is 16.5. The van der Waals surface area contributed by atoms with Crippen molar-refractivity contribution >= 4 is 24.2 Å². The van der Waals surface area contributed by atoms with Crippen LogP contribution in [0.25, 0.3) is 5.57 Å². The van der Waals surface area contributed by atoms with E-state index < -0.39 is 0 Å². The van der Waals surface area contributed by atoms with Gasteiger partial charge in [0.2, 0.25) is 0 Å². The van der Waals surface area contributed by atoms with Gasteiger partial charge in [-0.05, 0) is 56.2 Å². The first-order chi connectivity index (χ1) is 14.9. The summed E-state index contributed by atoms with van der Waals surface area (Å²) in [4.78, 5) is 4.12. The van der Waals surface area contributed by atoms with Crippen molar-refractivity contribution in [2.24, 2.45) is 10.9 Å². The number of rotatable bonds is 9. The Kier molecular flexibility index (Phi) is 11.6. The fourth-order valence-corrected chi connectivity index (χ4v) is 3.07. The van der Waals surface area contributed by atoms with Crippen molar-refractivity contribution in [1.82, 2.24) is 0 Å². The van der Waals surface area contributed by atoms with E-state index in [0.717, 1.165) is 41.0 Å². The van der Waals surface area contributed by atoms with E-state index in [4.69, 9.17) is 10.1 Å². The van der Waals surface area contributed by atoms with Crippen LogP contribution in [0.4, 0.5) is 5.69 Å². The van der Waals surface area contributed by atoms with Crippen molar-refractivity contribution in [3.8, 4) is 5.75 Å². The molecule has 3 nitrogen and oxygen atoms in total. The van der Waals surface area contributed by atoms with Gasteiger partial charge in [-0.2, -0.15) is 0 Å². The molecule has 3 heteroatoms. The Bertz CT molecular complexity index is 938. The molecule has 0 aliphatic carbocycles. The fraction of sp³-hybridized carbons (Fsp3) is 0.286. The number of methoxy groups -OCH3 is 1. The smallest absolute Gasteiger partial charge is 0.145 e. The van der Waals surface area contributed by atoms with Crippen LogP contribution in [0.5, 0.6) is 5.75 Å². The number of allylic oxidation sites excluding steroid dienone is 5. The van der Waals surface area contributed by atoms with Crippen LogP contribution >= 0.6 is 0 Å². The van der Waals surface area contributed by atoms with E-state index in [1.807, 2.05) is 24.3 Å². The van der Waals surface area contributed by atoms with Crippen LogP contribution in [-0.2, 0) is 6.42 Å². The Morgan fingerprint density at radius 2 is 1.94 bits per heavy atom. The number of aryl methyl sites for hydroxylation is 1. The molecule has 0 saturated carbocycles. The number of hydrogen-bond acceptors (Lipinski definition) is 3. The van der Waals surface area contributed by atoms with Gasteiger partial charge in [0.15, 0.2) is 0 Å². The van der Waals surface area contributed by atoms with Gasteiger partial charge >= 0.3 is 0 Å². The molecule has 0 radical (unpaired) electrons. The highest BCUT2D eigenvalue weighted by molar-refractivity contribution is 5.79. The predicted molar refractivity (Wildman–Crippen MR) is 137 cm³/mol. The second kappa shape index (κ2) is 13.9. The Morgan fingerprint density at radius 1 is 1.23 bits per heavy atom. The van der Waals surface area contributed by atoms with Crippen LogP contribution in [0.2, 0.25) is 0 Å². The number of para-hydroxylation sites is 1. The summed E-state index contributed by atoms with van der Waals surface area (Å²) in [6.45, 7) is 16.3. The Labute approximate surface area is 188 Å². The normalized spacial score (nSPS) is 12.0. The number of hydrogen-bond donors (Lipinski definition) is 1. The van der Waals surface area contributed by atoms with E-state index in [-0.39, 0.29) is 0 Å². The van der Waals surface area contributed by atoms with Crippen LogP contribution < -0.4 is 4.74 Å². The van der Waals surface area contributed by atoms with Crippen LogP contribution in [0.15, 0.2) is 77.8 Å². The summed E-state index contributed by atoms with van der Waals surface area (Å²) in [6, 6.07) is 14.4. The summed E-state index contributed by atoms with van der Waals surface area (Å²) in [7, 11) is 1.64. The molecule has 0 bridgehead atoms. The van der Waals surface area contributed by atoms with E-state index in [2.05, 4.69) is 76.3 Å². The van der Waals surface area contributed by atoms with E-state index in [0.29, 0.717) is 5.92 Å². The molecule has 1 atom stereocenters. The Morgan fingerprint density at radius 3 is 2.52 bits per heavy atom. The first-order valence-corrected chi connectivity index (χ1v) is 10.6. The number of aliphatic imine (C=N–C) groups is 1. The van der Waals surface area contributed by atoms with E-state index in [1.54, 1.807) is 13.2 Å². The number of nitrogens with one attached hydrogen (secondary N) is 1. The summed E-state index contributed by atoms with van der Waals surface area (Å²) >= 11 is 0.